The molecule has 0 aliphatic heterocycles. The lowest BCUT2D eigenvalue weighted by molar-refractivity contribution is -0.0308. The van der Waals surface area contributed by atoms with Crippen LogP contribution in [0.25, 0.3) is 0 Å². The first-order valence-electron chi connectivity index (χ1n) is 9.82. The van der Waals surface area contributed by atoms with E-state index in [-0.39, 0.29) is 5.56 Å². The Morgan fingerprint density at radius 3 is 1.91 bits per heavy atom. The molecule has 0 saturated carbocycles. The molecule has 2 aromatic rings. The van der Waals surface area contributed by atoms with Gasteiger partial charge in [0.1, 0.15) is 6.26 Å². The Morgan fingerprint density at radius 1 is 0.906 bits per heavy atom. The third-order valence-electron chi connectivity index (χ3n) is 4.75. The summed E-state index contributed by atoms with van der Waals surface area (Å²) in [7, 11) is 5.94. The average molecular weight is 463 g/mol. The fraction of sp³-hybridized carbons (Fsp3) is 0.391. The van der Waals surface area contributed by atoms with Gasteiger partial charge in [-0.2, -0.15) is 0 Å². The SMILES string of the molecule is COc1cc(C(=O)N(N(C)C(=O)c2cccc([S+](C)[O-])c2)C(C)(C)C)cc(OC)c1OC. The largest absolute Gasteiger partial charge is 0.612 e. The number of amides is 2. The summed E-state index contributed by atoms with van der Waals surface area (Å²) in [6.45, 7) is 5.47. The Kier molecular flexibility index (Phi) is 8.03. The molecule has 0 fully saturated rings. The van der Waals surface area contributed by atoms with Crippen LogP contribution < -0.4 is 14.2 Å². The van der Waals surface area contributed by atoms with E-state index in [1.807, 2.05) is 20.8 Å². The minimum atomic E-state index is -1.24. The van der Waals surface area contributed by atoms with E-state index in [1.54, 1.807) is 42.7 Å². The van der Waals surface area contributed by atoms with Crippen molar-refractivity contribution in [2.24, 2.45) is 0 Å². The number of hydrogen-bond acceptors (Lipinski definition) is 6. The van der Waals surface area contributed by atoms with Crippen molar-refractivity contribution in [3.63, 3.8) is 0 Å². The first-order chi connectivity index (χ1) is 15.0. The van der Waals surface area contributed by atoms with Crippen LogP contribution >= 0.6 is 0 Å². The Labute approximate surface area is 192 Å². The first-order valence-corrected chi connectivity index (χ1v) is 11.4. The number of ether oxygens (including phenoxy) is 3. The predicted molar refractivity (Wildman–Crippen MR) is 123 cm³/mol. The maximum absolute atomic E-state index is 13.6. The molecule has 2 aromatic carbocycles. The second-order valence-electron chi connectivity index (χ2n) is 8.01. The van der Waals surface area contributed by atoms with Gasteiger partial charge in [0.25, 0.3) is 11.8 Å². The molecule has 2 rings (SSSR count). The maximum atomic E-state index is 13.6. The van der Waals surface area contributed by atoms with Crippen LogP contribution in [0.1, 0.15) is 41.5 Å². The summed E-state index contributed by atoms with van der Waals surface area (Å²) in [5.41, 5.74) is -0.155. The van der Waals surface area contributed by atoms with E-state index < -0.39 is 28.5 Å². The number of rotatable bonds is 6. The van der Waals surface area contributed by atoms with Crippen molar-refractivity contribution in [2.45, 2.75) is 31.2 Å². The number of carbonyl (C=O) groups excluding carboxylic acids is 2. The molecular weight excluding hydrogens is 432 g/mol. The van der Waals surface area contributed by atoms with E-state index in [4.69, 9.17) is 14.2 Å². The van der Waals surface area contributed by atoms with Crippen molar-refractivity contribution in [2.75, 3.05) is 34.6 Å². The normalized spacial score (nSPS) is 12.0. The lowest BCUT2D eigenvalue weighted by Crippen LogP contribution is -2.56. The monoisotopic (exact) mass is 462 g/mol. The Bertz CT molecular complexity index is 962. The summed E-state index contributed by atoms with van der Waals surface area (Å²) in [4.78, 5) is 27.4. The van der Waals surface area contributed by atoms with Crippen molar-refractivity contribution in [1.82, 2.24) is 10.0 Å². The standard InChI is InChI=1S/C23H30N2O6S/c1-23(2,3)25(24(4)21(26)15-10-9-11-17(12-15)32(8)28)22(27)16-13-18(29-5)20(31-7)19(14-16)30-6/h9-14H,1-8H3. The van der Waals surface area contributed by atoms with Crippen molar-refractivity contribution in [3.8, 4) is 17.2 Å². The molecule has 8 nitrogen and oxygen atoms in total. The van der Waals surface area contributed by atoms with Crippen LogP contribution in [0.15, 0.2) is 41.3 Å². The number of methoxy groups -OCH3 is 3. The number of benzene rings is 2. The van der Waals surface area contributed by atoms with E-state index in [9.17, 15) is 14.1 Å². The predicted octanol–water partition coefficient (Wildman–Crippen LogP) is 3.38. The van der Waals surface area contributed by atoms with Crippen LogP contribution in [0.4, 0.5) is 0 Å². The molecule has 0 saturated heterocycles. The van der Waals surface area contributed by atoms with Crippen molar-refractivity contribution in [1.29, 1.82) is 0 Å². The molecule has 32 heavy (non-hydrogen) atoms. The fourth-order valence-electron chi connectivity index (χ4n) is 3.30. The van der Waals surface area contributed by atoms with E-state index >= 15 is 0 Å². The quantitative estimate of drug-likeness (QED) is 0.483. The summed E-state index contributed by atoms with van der Waals surface area (Å²) in [5.74, 6) is 0.186. The van der Waals surface area contributed by atoms with Crippen LogP contribution in [0.5, 0.6) is 17.2 Å². The van der Waals surface area contributed by atoms with Gasteiger partial charge in [0.2, 0.25) is 5.75 Å². The maximum Gasteiger partial charge on any atom is 0.273 e. The third kappa shape index (κ3) is 5.28. The van der Waals surface area contributed by atoms with Crippen LogP contribution in [0, 0.1) is 0 Å². The summed E-state index contributed by atoms with van der Waals surface area (Å²) in [5, 5.41) is 2.63. The summed E-state index contributed by atoms with van der Waals surface area (Å²) >= 11 is -1.24. The molecule has 9 heteroatoms. The number of hydrogen-bond donors (Lipinski definition) is 0. The highest BCUT2D eigenvalue weighted by Crippen LogP contribution is 2.39. The van der Waals surface area contributed by atoms with Gasteiger partial charge in [-0.25, -0.2) is 10.0 Å². The molecule has 0 aromatic heterocycles. The third-order valence-corrected chi connectivity index (χ3v) is 5.66. The van der Waals surface area contributed by atoms with Crippen molar-refractivity contribution in [3.05, 3.63) is 47.5 Å². The smallest absolute Gasteiger partial charge is 0.273 e. The van der Waals surface area contributed by atoms with E-state index in [1.165, 1.54) is 38.4 Å². The number of carbonyl (C=O) groups is 2. The Balaban J connectivity index is 2.52. The van der Waals surface area contributed by atoms with Crippen molar-refractivity contribution < 1.29 is 28.4 Å². The van der Waals surface area contributed by atoms with Crippen LogP contribution in [-0.2, 0) is 11.2 Å². The molecule has 0 spiro atoms. The average Bonchev–Trinajstić information content (AvgIpc) is 2.76. The molecule has 1 unspecified atom stereocenters. The van der Waals surface area contributed by atoms with Crippen LogP contribution in [0.3, 0.4) is 0 Å². The van der Waals surface area contributed by atoms with Gasteiger partial charge in [0.15, 0.2) is 16.4 Å². The van der Waals surface area contributed by atoms with E-state index in [2.05, 4.69) is 0 Å². The molecule has 0 heterocycles. The lowest BCUT2D eigenvalue weighted by Gasteiger charge is -2.41. The fourth-order valence-corrected chi connectivity index (χ4v) is 3.87. The minimum absolute atomic E-state index is 0.262. The van der Waals surface area contributed by atoms with E-state index in [0.717, 1.165) is 0 Å². The highest BCUT2D eigenvalue weighted by molar-refractivity contribution is 7.90. The molecule has 0 radical (unpaired) electrons. The molecule has 0 bridgehead atoms. The zero-order valence-corrected chi connectivity index (χ0v) is 20.5. The molecular formula is C23H30N2O6S. The minimum Gasteiger partial charge on any atom is -0.612 e. The van der Waals surface area contributed by atoms with Gasteiger partial charge in [-0.1, -0.05) is 6.07 Å². The number of nitrogens with zero attached hydrogens (tertiary/aromatic N) is 2. The van der Waals surface area contributed by atoms with Gasteiger partial charge in [-0.15, -0.1) is 0 Å². The zero-order chi connectivity index (χ0) is 24.2. The molecule has 0 aliphatic rings. The van der Waals surface area contributed by atoms with Crippen molar-refractivity contribution >= 4 is 23.0 Å². The van der Waals surface area contributed by atoms with Gasteiger partial charge in [0.05, 0.1) is 26.9 Å². The summed E-state index contributed by atoms with van der Waals surface area (Å²) in [6.07, 6.45) is 1.54. The molecule has 0 aliphatic carbocycles. The topological polar surface area (TPSA) is 91.4 Å². The Hall–Kier alpha value is -2.91. The second kappa shape index (κ2) is 10.1. The van der Waals surface area contributed by atoms with E-state index in [0.29, 0.717) is 27.7 Å². The molecule has 0 N–H and O–H groups in total. The van der Waals surface area contributed by atoms with Crippen LogP contribution in [-0.4, -0.2) is 66.6 Å². The molecule has 174 valence electrons. The molecule has 1 atom stereocenters. The van der Waals surface area contributed by atoms with Gasteiger partial charge >= 0.3 is 0 Å². The second-order valence-corrected chi connectivity index (χ2v) is 9.39. The van der Waals surface area contributed by atoms with Gasteiger partial charge in [0, 0.05) is 24.2 Å². The van der Waals surface area contributed by atoms with Gasteiger partial charge in [-0.3, -0.25) is 9.59 Å². The Morgan fingerprint density at radius 2 is 1.47 bits per heavy atom. The highest BCUT2D eigenvalue weighted by atomic mass is 32.2. The number of hydrazine groups is 1. The zero-order valence-electron chi connectivity index (χ0n) is 19.7. The van der Waals surface area contributed by atoms with Gasteiger partial charge in [-0.05, 0) is 56.2 Å². The lowest BCUT2D eigenvalue weighted by atomic mass is 10.1. The van der Waals surface area contributed by atoms with Crippen LogP contribution in [0.2, 0.25) is 0 Å². The highest BCUT2D eigenvalue weighted by Gasteiger charge is 2.35. The molecule has 2 amide bonds. The van der Waals surface area contributed by atoms with Gasteiger partial charge < -0.3 is 18.8 Å². The first kappa shape index (κ1) is 25.4. The summed E-state index contributed by atoms with van der Waals surface area (Å²) < 4.78 is 27.9. The summed E-state index contributed by atoms with van der Waals surface area (Å²) in [6, 6.07) is 9.64.